The fourth-order valence-corrected chi connectivity index (χ4v) is 2.98. The molecule has 1 aromatic rings. The molecule has 20 heavy (non-hydrogen) atoms. The molecule has 0 bridgehead atoms. The molecule has 0 radical (unpaired) electrons. The molecule has 2 rings (SSSR count). The van der Waals surface area contributed by atoms with Crippen molar-refractivity contribution in [1.29, 1.82) is 0 Å². The van der Waals surface area contributed by atoms with Gasteiger partial charge in [-0.25, -0.2) is 0 Å². The average molecular weight is 275 g/mol. The predicted molar refractivity (Wildman–Crippen MR) is 86.0 cm³/mol. The molecule has 1 N–H and O–H groups in total. The molecule has 0 aliphatic carbocycles. The monoisotopic (exact) mass is 275 g/mol. The normalized spacial score (nSPS) is 21.8. The molecule has 112 valence electrons. The van der Waals surface area contributed by atoms with Crippen molar-refractivity contribution in [1.82, 2.24) is 15.1 Å². The van der Waals surface area contributed by atoms with Crippen LogP contribution in [0.2, 0.25) is 0 Å². The van der Waals surface area contributed by atoms with Gasteiger partial charge in [0, 0.05) is 31.2 Å². The molecule has 1 fully saturated rings. The summed E-state index contributed by atoms with van der Waals surface area (Å²) >= 11 is 0. The lowest BCUT2D eigenvalue weighted by Crippen LogP contribution is -2.40. The Balaban J connectivity index is 1.98. The van der Waals surface area contributed by atoms with Crippen LogP contribution in [0, 0.1) is 0 Å². The lowest BCUT2D eigenvalue weighted by molar-refractivity contribution is 0.259. The molecule has 0 amide bonds. The van der Waals surface area contributed by atoms with Gasteiger partial charge in [-0.3, -0.25) is 4.90 Å². The van der Waals surface area contributed by atoms with Crippen molar-refractivity contribution in [3.05, 3.63) is 35.9 Å². The SMILES string of the molecule is CC(C)N1CCC(NC(CN(C)C)c2ccccc2)C1. The van der Waals surface area contributed by atoms with Crippen molar-refractivity contribution in [2.45, 2.75) is 38.4 Å². The highest BCUT2D eigenvalue weighted by atomic mass is 15.2. The van der Waals surface area contributed by atoms with Gasteiger partial charge >= 0.3 is 0 Å². The summed E-state index contributed by atoms with van der Waals surface area (Å²) in [5, 5.41) is 3.87. The fraction of sp³-hybridized carbons (Fsp3) is 0.647. The third kappa shape index (κ3) is 4.30. The van der Waals surface area contributed by atoms with Crippen LogP contribution in [0.1, 0.15) is 31.9 Å². The molecule has 0 saturated carbocycles. The van der Waals surface area contributed by atoms with E-state index in [4.69, 9.17) is 0 Å². The van der Waals surface area contributed by atoms with Gasteiger partial charge < -0.3 is 10.2 Å². The first-order valence-electron chi connectivity index (χ1n) is 7.76. The maximum Gasteiger partial charge on any atom is 0.0451 e. The molecular formula is C17H29N3. The van der Waals surface area contributed by atoms with Gasteiger partial charge in [0.05, 0.1) is 0 Å². The minimum atomic E-state index is 0.420. The Kier molecular flexibility index (Phi) is 5.58. The van der Waals surface area contributed by atoms with Gasteiger partial charge in [-0.15, -0.1) is 0 Å². The van der Waals surface area contributed by atoms with Crippen molar-refractivity contribution in [2.24, 2.45) is 0 Å². The first-order chi connectivity index (χ1) is 9.56. The summed E-state index contributed by atoms with van der Waals surface area (Å²) in [5.74, 6) is 0. The molecule has 0 spiro atoms. The zero-order chi connectivity index (χ0) is 14.5. The highest BCUT2D eigenvalue weighted by Crippen LogP contribution is 2.19. The van der Waals surface area contributed by atoms with Gasteiger partial charge in [-0.05, 0) is 46.5 Å². The standard InChI is InChI=1S/C17H29N3/c1-14(2)20-11-10-16(12-20)18-17(13-19(3)4)15-8-6-5-7-9-15/h5-9,14,16-18H,10-13H2,1-4H3. The molecular weight excluding hydrogens is 246 g/mol. The number of nitrogens with one attached hydrogen (secondary N) is 1. The topological polar surface area (TPSA) is 18.5 Å². The van der Waals surface area contributed by atoms with Gasteiger partial charge in [0.2, 0.25) is 0 Å². The van der Waals surface area contributed by atoms with Gasteiger partial charge in [-0.2, -0.15) is 0 Å². The summed E-state index contributed by atoms with van der Waals surface area (Å²) in [6, 6.07) is 12.5. The zero-order valence-electron chi connectivity index (χ0n) is 13.3. The lowest BCUT2D eigenvalue weighted by Gasteiger charge is -2.27. The smallest absolute Gasteiger partial charge is 0.0451 e. The molecule has 2 unspecified atom stereocenters. The number of likely N-dealkylation sites (tertiary alicyclic amines) is 1. The summed E-state index contributed by atoms with van der Waals surface area (Å²) in [7, 11) is 4.29. The molecule has 1 aliphatic heterocycles. The Morgan fingerprint density at radius 1 is 1.25 bits per heavy atom. The highest BCUT2D eigenvalue weighted by molar-refractivity contribution is 5.19. The van der Waals surface area contributed by atoms with Crippen LogP contribution in [0.4, 0.5) is 0 Å². The number of benzene rings is 1. The van der Waals surface area contributed by atoms with Crippen LogP contribution in [-0.4, -0.2) is 55.6 Å². The number of hydrogen-bond acceptors (Lipinski definition) is 3. The second-order valence-electron chi connectivity index (χ2n) is 6.47. The Labute approximate surface area is 124 Å². The molecule has 0 aromatic heterocycles. The summed E-state index contributed by atoms with van der Waals surface area (Å²) in [4.78, 5) is 4.83. The zero-order valence-corrected chi connectivity index (χ0v) is 13.3. The average Bonchev–Trinajstić information content (AvgIpc) is 2.87. The molecule has 1 saturated heterocycles. The number of likely N-dealkylation sites (N-methyl/N-ethyl adjacent to an activating group) is 1. The van der Waals surface area contributed by atoms with Crippen LogP contribution in [0.5, 0.6) is 0 Å². The Morgan fingerprint density at radius 2 is 1.95 bits per heavy atom. The first-order valence-corrected chi connectivity index (χ1v) is 7.76. The molecule has 3 heteroatoms. The second-order valence-corrected chi connectivity index (χ2v) is 6.47. The molecule has 1 aromatic carbocycles. The lowest BCUT2D eigenvalue weighted by atomic mass is 10.1. The van der Waals surface area contributed by atoms with E-state index in [-0.39, 0.29) is 0 Å². The van der Waals surface area contributed by atoms with Crippen molar-refractivity contribution in [3.63, 3.8) is 0 Å². The van der Waals surface area contributed by atoms with Gasteiger partial charge in [-0.1, -0.05) is 30.3 Å². The van der Waals surface area contributed by atoms with Crippen LogP contribution < -0.4 is 5.32 Å². The predicted octanol–water partition coefficient (Wildman–Crippen LogP) is 2.36. The maximum absolute atomic E-state index is 3.87. The Morgan fingerprint density at radius 3 is 2.50 bits per heavy atom. The van der Waals surface area contributed by atoms with Crippen LogP contribution in [0.25, 0.3) is 0 Å². The molecule has 3 nitrogen and oxygen atoms in total. The Bertz CT molecular complexity index is 388. The summed E-state index contributed by atoms with van der Waals surface area (Å²) in [6.45, 7) is 8.02. The first kappa shape index (κ1) is 15.5. The van der Waals surface area contributed by atoms with E-state index in [1.165, 1.54) is 25.1 Å². The summed E-state index contributed by atoms with van der Waals surface area (Å²) in [5.41, 5.74) is 1.39. The van der Waals surface area contributed by atoms with Crippen molar-refractivity contribution in [3.8, 4) is 0 Å². The highest BCUT2D eigenvalue weighted by Gasteiger charge is 2.26. The Hall–Kier alpha value is -0.900. The fourth-order valence-electron chi connectivity index (χ4n) is 2.98. The van der Waals surface area contributed by atoms with Crippen molar-refractivity contribution >= 4 is 0 Å². The quantitative estimate of drug-likeness (QED) is 0.860. The number of hydrogen-bond donors (Lipinski definition) is 1. The van der Waals surface area contributed by atoms with E-state index >= 15 is 0 Å². The van der Waals surface area contributed by atoms with E-state index in [2.05, 4.69) is 73.4 Å². The third-order valence-corrected chi connectivity index (χ3v) is 4.14. The maximum atomic E-state index is 3.87. The van der Waals surface area contributed by atoms with Crippen LogP contribution in [0.3, 0.4) is 0 Å². The van der Waals surface area contributed by atoms with Crippen LogP contribution in [-0.2, 0) is 0 Å². The van der Waals surface area contributed by atoms with E-state index in [0.29, 0.717) is 18.1 Å². The van der Waals surface area contributed by atoms with Crippen molar-refractivity contribution in [2.75, 3.05) is 33.7 Å². The summed E-state index contributed by atoms with van der Waals surface area (Å²) < 4.78 is 0. The van der Waals surface area contributed by atoms with E-state index in [9.17, 15) is 0 Å². The van der Waals surface area contributed by atoms with E-state index < -0.39 is 0 Å². The van der Waals surface area contributed by atoms with Crippen LogP contribution in [0.15, 0.2) is 30.3 Å². The minimum absolute atomic E-state index is 0.420. The van der Waals surface area contributed by atoms with Gasteiger partial charge in [0.15, 0.2) is 0 Å². The van der Waals surface area contributed by atoms with Crippen LogP contribution >= 0.6 is 0 Å². The molecule has 1 aliphatic rings. The van der Waals surface area contributed by atoms with Gasteiger partial charge in [0.25, 0.3) is 0 Å². The molecule has 2 atom stereocenters. The number of rotatable bonds is 6. The largest absolute Gasteiger partial charge is 0.308 e. The third-order valence-electron chi connectivity index (χ3n) is 4.14. The van der Waals surface area contributed by atoms with E-state index in [1.807, 2.05) is 0 Å². The van der Waals surface area contributed by atoms with E-state index in [1.54, 1.807) is 0 Å². The summed E-state index contributed by atoms with van der Waals surface area (Å²) in [6.07, 6.45) is 1.26. The molecule has 1 heterocycles. The second kappa shape index (κ2) is 7.21. The van der Waals surface area contributed by atoms with E-state index in [0.717, 1.165) is 6.54 Å². The van der Waals surface area contributed by atoms with Gasteiger partial charge in [0.1, 0.15) is 0 Å². The van der Waals surface area contributed by atoms with Crippen molar-refractivity contribution < 1.29 is 0 Å². The number of nitrogens with zero attached hydrogens (tertiary/aromatic N) is 2. The minimum Gasteiger partial charge on any atom is -0.308 e.